The molecule has 3 unspecified atom stereocenters. The molecule has 1 heterocycles. The summed E-state index contributed by atoms with van der Waals surface area (Å²) in [5.74, 6) is -0.948. The molecule has 1 aliphatic heterocycles. The number of oxime groups is 1. The molecule has 3 rings (SSSR count). The molecule has 2 aromatic carbocycles. The van der Waals surface area contributed by atoms with Crippen molar-refractivity contribution in [1.82, 2.24) is 0 Å². The highest BCUT2D eigenvalue weighted by atomic mass is 35.5. The normalized spacial score (nSPS) is 21.0. The molecule has 0 bridgehead atoms. The number of nitrogens with zero attached hydrogens (tertiary/aromatic N) is 1. The number of anilines is 1. The van der Waals surface area contributed by atoms with Gasteiger partial charge in [0.25, 0.3) is 5.60 Å². The summed E-state index contributed by atoms with van der Waals surface area (Å²) in [6.45, 7) is 1.18. The first-order chi connectivity index (χ1) is 18.5. The van der Waals surface area contributed by atoms with Gasteiger partial charge in [-0.25, -0.2) is 0 Å². The number of hydrogen-bond acceptors (Lipinski definition) is 5. The predicted octanol–water partition coefficient (Wildman–Crippen LogP) is 6.37. The van der Waals surface area contributed by atoms with Gasteiger partial charge >= 0.3 is 28.5 Å². The Hall–Kier alpha value is -2.34. The van der Waals surface area contributed by atoms with Crippen LogP contribution in [0.5, 0.6) is 0 Å². The monoisotopic (exact) mass is 656 g/mol. The van der Waals surface area contributed by atoms with E-state index in [1.807, 2.05) is 0 Å². The molecule has 41 heavy (non-hydrogen) atoms. The standard InChI is InChI=1S/C23H18ClF9N2O4S2/c1-19(40(2)37,41(3)38)18(36)34-16-5-4-11(6-15(16)24)17-10-20(39-35-17,23(31,32)33)12-7-13(21(25,26)27)9-14(8-12)22(28,29)30/h4-9H,10H2,1-3H3,(H,34,36). The summed E-state index contributed by atoms with van der Waals surface area (Å²) in [5, 5.41) is 5.34. The highest BCUT2D eigenvalue weighted by Gasteiger charge is 2.63. The maximum atomic E-state index is 14.3. The second kappa shape index (κ2) is 11.1. The van der Waals surface area contributed by atoms with Crippen molar-refractivity contribution in [1.29, 1.82) is 0 Å². The van der Waals surface area contributed by atoms with E-state index in [4.69, 9.17) is 11.6 Å². The SMILES string of the molecule is C[S+]([O-])C(C)(C(=O)Nc1ccc(C2=NOC(c3cc(C(F)(F)F)cc(C(F)(F)F)c3)(C(F)(F)F)C2)cc1Cl)[S+](C)[O-]. The summed E-state index contributed by atoms with van der Waals surface area (Å²) in [6.07, 6.45) is -15.4. The van der Waals surface area contributed by atoms with Crippen LogP contribution in [0.3, 0.4) is 0 Å². The Labute approximate surface area is 237 Å². The lowest BCUT2D eigenvalue weighted by Gasteiger charge is -2.30. The first kappa shape index (κ1) is 33.2. The maximum Gasteiger partial charge on any atom is 0.435 e. The minimum Gasteiger partial charge on any atom is -0.612 e. The van der Waals surface area contributed by atoms with Gasteiger partial charge in [-0.1, -0.05) is 22.8 Å². The number of nitrogens with one attached hydrogen (secondary N) is 1. The number of alkyl halides is 9. The van der Waals surface area contributed by atoms with E-state index in [2.05, 4.69) is 15.3 Å². The van der Waals surface area contributed by atoms with Crippen molar-refractivity contribution in [3.05, 3.63) is 63.7 Å². The van der Waals surface area contributed by atoms with Crippen LogP contribution in [0.2, 0.25) is 5.02 Å². The second-order valence-electron chi connectivity index (χ2n) is 8.93. The molecule has 226 valence electrons. The molecule has 6 nitrogen and oxygen atoms in total. The van der Waals surface area contributed by atoms with Crippen molar-refractivity contribution in [2.75, 3.05) is 17.8 Å². The number of benzene rings is 2. The molecule has 0 saturated carbocycles. The lowest BCUT2D eigenvalue weighted by atomic mass is 9.84. The minimum atomic E-state index is -5.53. The highest BCUT2D eigenvalue weighted by molar-refractivity contribution is 8.10. The zero-order chi connectivity index (χ0) is 31.3. The maximum absolute atomic E-state index is 14.3. The van der Waals surface area contributed by atoms with Gasteiger partial charge in [0.1, 0.15) is 12.5 Å². The molecular formula is C23H18ClF9N2O4S2. The van der Waals surface area contributed by atoms with E-state index in [-0.39, 0.29) is 34.5 Å². The first-order valence-electron chi connectivity index (χ1n) is 10.9. The summed E-state index contributed by atoms with van der Waals surface area (Å²) < 4.78 is 145. The molecule has 3 atom stereocenters. The Kier molecular flexibility index (Phi) is 8.94. The Bertz CT molecular complexity index is 1320. The fourth-order valence-electron chi connectivity index (χ4n) is 3.70. The Morgan fingerprint density at radius 1 is 0.951 bits per heavy atom. The van der Waals surface area contributed by atoms with E-state index >= 15 is 0 Å². The third-order valence-electron chi connectivity index (χ3n) is 6.30. The van der Waals surface area contributed by atoms with E-state index in [0.29, 0.717) is 0 Å². The third-order valence-corrected chi connectivity index (χ3v) is 10.6. The zero-order valence-electron chi connectivity index (χ0n) is 20.8. The number of halogens is 10. The van der Waals surface area contributed by atoms with E-state index in [1.54, 1.807) is 0 Å². The minimum absolute atomic E-state index is 0.0842. The molecular weight excluding hydrogens is 639 g/mol. The highest BCUT2D eigenvalue weighted by Crippen LogP contribution is 2.51. The fraction of sp³-hybridized carbons (Fsp3) is 0.391. The van der Waals surface area contributed by atoms with Gasteiger partial charge in [0.2, 0.25) is 0 Å². The van der Waals surface area contributed by atoms with E-state index < -0.39 is 85.3 Å². The van der Waals surface area contributed by atoms with Gasteiger partial charge in [-0.3, -0.25) is 4.79 Å². The van der Waals surface area contributed by atoms with Crippen LogP contribution in [0.25, 0.3) is 0 Å². The molecule has 0 radical (unpaired) electrons. The van der Waals surface area contributed by atoms with Crippen LogP contribution < -0.4 is 5.32 Å². The van der Waals surface area contributed by atoms with Crippen LogP contribution >= 0.6 is 11.6 Å². The van der Waals surface area contributed by atoms with Crippen molar-refractivity contribution in [2.45, 2.75) is 41.6 Å². The summed E-state index contributed by atoms with van der Waals surface area (Å²) in [6, 6.07) is 2.74. The predicted molar refractivity (Wildman–Crippen MR) is 133 cm³/mol. The van der Waals surface area contributed by atoms with Crippen molar-refractivity contribution >= 4 is 51.3 Å². The Morgan fingerprint density at radius 3 is 1.88 bits per heavy atom. The molecule has 0 spiro atoms. The molecule has 1 amide bonds. The summed E-state index contributed by atoms with van der Waals surface area (Å²) in [4.78, 5) is 17.2. The second-order valence-corrected chi connectivity index (χ2v) is 13.0. The van der Waals surface area contributed by atoms with Gasteiger partial charge in [-0.05, 0) is 30.3 Å². The van der Waals surface area contributed by atoms with Crippen LogP contribution in [0.4, 0.5) is 45.2 Å². The van der Waals surface area contributed by atoms with Crippen molar-refractivity contribution < 1.29 is 58.3 Å². The van der Waals surface area contributed by atoms with Gasteiger partial charge in [0, 0.05) is 46.8 Å². The van der Waals surface area contributed by atoms with Crippen LogP contribution in [0.15, 0.2) is 41.6 Å². The molecule has 0 aromatic heterocycles. The largest absolute Gasteiger partial charge is 0.612 e. The molecule has 1 N–H and O–H groups in total. The van der Waals surface area contributed by atoms with Crippen molar-refractivity contribution in [3.8, 4) is 0 Å². The van der Waals surface area contributed by atoms with E-state index in [9.17, 15) is 53.4 Å². The van der Waals surface area contributed by atoms with Crippen LogP contribution in [0, 0.1) is 0 Å². The number of amides is 1. The van der Waals surface area contributed by atoms with Crippen LogP contribution in [-0.4, -0.2) is 43.5 Å². The van der Waals surface area contributed by atoms with E-state index in [0.717, 1.165) is 30.7 Å². The van der Waals surface area contributed by atoms with Gasteiger partial charge in [-0.15, -0.1) is 0 Å². The van der Waals surface area contributed by atoms with Crippen molar-refractivity contribution in [2.24, 2.45) is 5.16 Å². The quantitative estimate of drug-likeness (QED) is 0.289. The van der Waals surface area contributed by atoms with Crippen molar-refractivity contribution in [3.63, 3.8) is 0 Å². The zero-order valence-corrected chi connectivity index (χ0v) is 23.2. The van der Waals surface area contributed by atoms with Gasteiger partial charge in [-0.2, -0.15) is 39.5 Å². The lowest BCUT2D eigenvalue weighted by Crippen LogP contribution is -2.52. The van der Waals surface area contributed by atoms with Gasteiger partial charge in [0.15, 0.2) is 0 Å². The lowest BCUT2D eigenvalue weighted by molar-refractivity contribution is -0.276. The van der Waals surface area contributed by atoms with Crippen LogP contribution in [0.1, 0.15) is 35.6 Å². The third kappa shape index (κ3) is 6.38. The van der Waals surface area contributed by atoms with E-state index in [1.165, 1.54) is 6.92 Å². The van der Waals surface area contributed by atoms with Gasteiger partial charge in [0.05, 0.1) is 27.5 Å². The van der Waals surface area contributed by atoms with Gasteiger partial charge < -0.3 is 19.3 Å². The topological polar surface area (TPSA) is 96.8 Å². The number of rotatable bonds is 6. The molecule has 0 saturated heterocycles. The fourth-order valence-corrected chi connectivity index (χ4v) is 5.88. The molecule has 0 aliphatic carbocycles. The number of carbonyl (C=O) groups excluding carboxylic acids is 1. The number of carbonyl (C=O) groups is 1. The smallest absolute Gasteiger partial charge is 0.435 e. The summed E-state index contributed by atoms with van der Waals surface area (Å²) in [5.41, 5.74) is -9.94. The molecule has 0 fully saturated rings. The first-order valence-corrected chi connectivity index (χ1v) is 14.4. The molecule has 18 heteroatoms. The molecule has 2 aromatic rings. The molecule has 1 aliphatic rings. The summed E-state index contributed by atoms with van der Waals surface area (Å²) in [7, 11) is 0. The average molecular weight is 657 g/mol. The Balaban J connectivity index is 2.00. The average Bonchev–Trinajstić information content (AvgIpc) is 3.30. The Morgan fingerprint density at radius 2 is 1.46 bits per heavy atom. The van der Waals surface area contributed by atoms with Crippen LogP contribution in [-0.2, 0) is 49.9 Å². The summed E-state index contributed by atoms with van der Waals surface area (Å²) >= 11 is 2.34. The number of hydrogen-bond donors (Lipinski definition) is 1.